The van der Waals surface area contributed by atoms with Crippen LogP contribution in [0.1, 0.15) is 24.2 Å². The summed E-state index contributed by atoms with van der Waals surface area (Å²) in [4.78, 5) is 24.1. The molecule has 0 heterocycles. The third-order valence-electron chi connectivity index (χ3n) is 2.46. The molecular formula is C13H17BrN2O3. The molecule has 1 amide bonds. The molecule has 0 saturated carbocycles. The predicted molar refractivity (Wildman–Crippen MR) is 77.3 cm³/mol. The highest BCUT2D eigenvalue weighted by molar-refractivity contribution is 9.10. The average Bonchev–Trinajstić information content (AvgIpc) is 2.26. The molecule has 0 fully saturated rings. The molecule has 6 heteroatoms. The summed E-state index contributed by atoms with van der Waals surface area (Å²) < 4.78 is 0.678. The fourth-order valence-electron chi connectivity index (χ4n) is 1.83. The summed E-state index contributed by atoms with van der Waals surface area (Å²) in [6.07, 6.45) is 0. The molecule has 0 unspecified atom stereocenters. The van der Waals surface area contributed by atoms with E-state index in [0.717, 1.165) is 0 Å². The van der Waals surface area contributed by atoms with Crippen molar-refractivity contribution in [1.29, 1.82) is 0 Å². The molecule has 0 spiro atoms. The van der Waals surface area contributed by atoms with Crippen LogP contribution in [0.25, 0.3) is 0 Å². The highest BCUT2D eigenvalue weighted by Crippen LogP contribution is 2.25. The van der Waals surface area contributed by atoms with Gasteiger partial charge in [-0.1, -0.05) is 29.8 Å². The second-order valence-corrected chi connectivity index (χ2v) is 5.62. The van der Waals surface area contributed by atoms with Crippen LogP contribution in [0.2, 0.25) is 0 Å². The zero-order valence-electron chi connectivity index (χ0n) is 10.9. The number of aromatic carboxylic acids is 1. The Hall–Kier alpha value is -1.56. The van der Waals surface area contributed by atoms with Gasteiger partial charge in [-0.3, -0.25) is 4.79 Å². The zero-order valence-corrected chi connectivity index (χ0v) is 12.5. The van der Waals surface area contributed by atoms with Crippen LogP contribution >= 0.6 is 15.9 Å². The lowest BCUT2D eigenvalue weighted by Crippen LogP contribution is -2.37. The molecule has 104 valence electrons. The fraction of sp³-hybridized carbons (Fsp3) is 0.385. The van der Waals surface area contributed by atoms with E-state index in [9.17, 15) is 14.7 Å². The van der Waals surface area contributed by atoms with Gasteiger partial charge in [-0.15, -0.1) is 0 Å². The SMILES string of the molecule is CC(C)CN(CC(N)=O)c1ccc(Br)cc1C(=O)O. The molecule has 1 rings (SSSR count). The number of benzene rings is 1. The number of carboxylic acids is 1. The minimum Gasteiger partial charge on any atom is -0.478 e. The van der Waals surface area contributed by atoms with Gasteiger partial charge in [0.25, 0.3) is 0 Å². The number of anilines is 1. The van der Waals surface area contributed by atoms with E-state index in [4.69, 9.17) is 5.73 Å². The Morgan fingerprint density at radius 3 is 2.53 bits per heavy atom. The van der Waals surface area contributed by atoms with E-state index in [1.807, 2.05) is 13.8 Å². The molecule has 0 radical (unpaired) electrons. The third-order valence-corrected chi connectivity index (χ3v) is 2.96. The summed E-state index contributed by atoms with van der Waals surface area (Å²) in [6.45, 7) is 4.55. The van der Waals surface area contributed by atoms with E-state index >= 15 is 0 Å². The van der Waals surface area contributed by atoms with Gasteiger partial charge in [0, 0.05) is 11.0 Å². The van der Waals surface area contributed by atoms with Gasteiger partial charge >= 0.3 is 5.97 Å². The van der Waals surface area contributed by atoms with Crippen LogP contribution < -0.4 is 10.6 Å². The zero-order chi connectivity index (χ0) is 14.6. The molecule has 0 aromatic heterocycles. The third kappa shape index (κ3) is 4.55. The topological polar surface area (TPSA) is 83.6 Å². The van der Waals surface area contributed by atoms with E-state index in [-0.39, 0.29) is 18.0 Å². The Morgan fingerprint density at radius 1 is 1.42 bits per heavy atom. The van der Waals surface area contributed by atoms with Gasteiger partial charge in [0.1, 0.15) is 0 Å². The Balaban J connectivity index is 3.20. The van der Waals surface area contributed by atoms with Crippen molar-refractivity contribution >= 4 is 33.5 Å². The van der Waals surface area contributed by atoms with E-state index < -0.39 is 11.9 Å². The monoisotopic (exact) mass is 328 g/mol. The number of nitrogens with two attached hydrogens (primary N) is 1. The van der Waals surface area contributed by atoms with Crippen molar-refractivity contribution in [3.8, 4) is 0 Å². The van der Waals surface area contributed by atoms with Gasteiger partial charge in [0.05, 0.1) is 17.8 Å². The summed E-state index contributed by atoms with van der Waals surface area (Å²) in [5, 5.41) is 9.24. The molecular weight excluding hydrogens is 312 g/mol. The van der Waals surface area contributed by atoms with Crippen molar-refractivity contribution in [3.05, 3.63) is 28.2 Å². The first-order valence-electron chi connectivity index (χ1n) is 5.87. The maximum absolute atomic E-state index is 11.3. The van der Waals surface area contributed by atoms with Gasteiger partial charge < -0.3 is 15.7 Å². The van der Waals surface area contributed by atoms with Crippen LogP contribution in [-0.4, -0.2) is 30.1 Å². The minimum absolute atomic E-state index is 0.0000916. The summed E-state index contributed by atoms with van der Waals surface area (Å²) >= 11 is 3.24. The Kier molecular flexibility index (Phi) is 5.35. The quantitative estimate of drug-likeness (QED) is 0.837. The Labute approximate surface area is 120 Å². The van der Waals surface area contributed by atoms with Crippen molar-refractivity contribution in [2.24, 2.45) is 11.7 Å². The van der Waals surface area contributed by atoms with Crippen molar-refractivity contribution in [3.63, 3.8) is 0 Å². The molecule has 19 heavy (non-hydrogen) atoms. The molecule has 5 nitrogen and oxygen atoms in total. The van der Waals surface area contributed by atoms with Gasteiger partial charge in [-0.2, -0.15) is 0 Å². The number of carboxylic acid groups (broad SMARTS) is 1. The lowest BCUT2D eigenvalue weighted by Gasteiger charge is -2.26. The second kappa shape index (κ2) is 6.56. The number of primary amides is 1. The number of hydrogen-bond donors (Lipinski definition) is 2. The first-order chi connectivity index (χ1) is 8.81. The molecule has 3 N–H and O–H groups in total. The number of carbonyl (C=O) groups excluding carboxylic acids is 1. The molecule has 0 aliphatic rings. The summed E-state index contributed by atoms with van der Waals surface area (Å²) in [6, 6.07) is 4.95. The van der Waals surface area contributed by atoms with Crippen LogP contribution in [-0.2, 0) is 4.79 Å². The van der Waals surface area contributed by atoms with Gasteiger partial charge in [-0.25, -0.2) is 4.79 Å². The van der Waals surface area contributed by atoms with E-state index in [1.54, 1.807) is 17.0 Å². The molecule has 0 atom stereocenters. The molecule has 0 bridgehead atoms. The predicted octanol–water partition coefficient (Wildman–Crippen LogP) is 2.09. The number of nitrogens with zero attached hydrogens (tertiary/aromatic N) is 1. The lowest BCUT2D eigenvalue weighted by molar-refractivity contribution is -0.116. The van der Waals surface area contributed by atoms with Crippen molar-refractivity contribution < 1.29 is 14.7 Å². The average molecular weight is 329 g/mol. The second-order valence-electron chi connectivity index (χ2n) is 4.71. The first-order valence-corrected chi connectivity index (χ1v) is 6.66. The maximum Gasteiger partial charge on any atom is 0.337 e. The van der Waals surface area contributed by atoms with E-state index in [0.29, 0.717) is 16.7 Å². The first kappa shape index (κ1) is 15.5. The molecule has 0 aliphatic heterocycles. The molecule has 1 aromatic rings. The fourth-order valence-corrected chi connectivity index (χ4v) is 2.19. The van der Waals surface area contributed by atoms with E-state index in [2.05, 4.69) is 15.9 Å². The summed E-state index contributed by atoms with van der Waals surface area (Å²) in [5.41, 5.74) is 5.88. The van der Waals surface area contributed by atoms with Gasteiger partial charge in [0.15, 0.2) is 0 Å². The maximum atomic E-state index is 11.3. The largest absolute Gasteiger partial charge is 0.478 e. The van der Waals surface area contributed by atoms with Crippen LogP contribution in [0, 0.1) is 5.92 Å². The van der Waals surface area contributed by atoms with Crippen molar-refractivity contribution in [2.45, 2.75) is 13.8 Å². The standard InChI is InChI=1S/C13H17BrN2O3/c1-8(2)6-16(7-12(15)17)11-4-3-9(14)5-10(11)13(18)19/h3-5,8H,6-7H2,1-2H3,(H2,15,17)(H,18,19). The Bertz CT molecular complexity index is 489. The van der Waals surface area contributed by atoms with Gasteiger partial charge in [-0.05, 0) is 24.1 Å². The highest BCUT2D eigenvalue weighted by Gasteiger charge is 2.18. The number of amides is 1. The number of rotatable bonds is 6. The Morgan fingerprint density at radius 2 is 2.05 bits per heavy atom. The van der Waals surface area contributed by atoms with Crippen LogP contribution in [0.4, 0.5) is 5.69 Å². The molecule has 0 aliphatic carbocycles. The van der Waals surface area contributed by atoms with E-state index in [1.165, 1.54) is 6.07 Å². The van der Waals surface area contributed by atoms with Crippen molar-refractivity contribution in [2.75, 3.05) is 18.0 Å². The number of halogens is 1. The summed E-state index contributed by atoms with van der Waals surface area (Å²) in [7, 11) is 0. The van der Waals surface area contributed by atoms with Crippen LogP contribution in [0.15, 0.2) is 22.7 Å². The number of hydrogen-bond acceptors (Lipinski definition) is 3. The highest BCUT2D eigenvalue weighted by atomic mass is 79.9. The molecule has 0 saturated heterocycles. The summed E-state index contributed by atoms with van der Waals surface area (Å²) in [5.74, 6) is -1.24. The molecule has 1 aromatic carbocycles. The normalized spacial score (nSPS) is 10.5. The van der Waals surface area contributed by atoms with Crippen LogP contribution in [0.3, 0.4) is 0 Å². The minimum atomic E-state index is -1.03. The smallest absolute Gasteiger partial charge is 0.337 e. The number of carbonyl (C=O) groups is 2. The van der Waals surface area contributed by atoms with Crippen LogP contribution in [0.5, 0.6) is 0 Å². The van der Waals surface area contributed by atoms with Crippen molar-refractivity contribution in [1.82, 2.24) is 0 Å². The van der Waals surface area contributed by atoms with Gasteiger partial charge in [0.2, 0.25) is 5.91 Å². The lowest BCUT2D eigenvalue weighted by atomic mass is 10.1.